The van der Waals surface area contributed by atoms with Gasteiger partial charge in [-0.05, 0) is 6.42 Å². The molecule has 0 fully saturated rings. The van der Waals surface area contributed by atoms with E-state index < -0.39 is 29.3 Å². The zero-order valence-corrected chi connectivity index (χ0v) is 7.83. The van der Waals surface area contributed by atoms with Crippen molar-refractivity contribution in [2.24, 2.45) is 11.5 Å². The molecule has 0 bridgehead atoms. The summed E-state index contributed by atoms with van der Waals surface area (Å²) in [6, 6.07) is 0. The van der Waals surface area contributed by atoms with E-state index in [1.54, 1.807) is 0 Å². The summed E-state index contributed by atoms with van der Waals surface area (Å²) in [7, 11) is 0. The minimum absolute atomic E-state index is 0.128. The van der Waals surface area contributed by atoms with E-state index in [-0.39, 0.29) is 13.0 Å². The number of nitrogens with two attached hydrogens (primary N) is 2. The lowest BCUT2D eigenvalue weighted by Gasteiger charge is -2.20. The average Bonchev–Trinajstić information content (AvgIpc) is 2.11. The van der Waals surface area contributed by atoms with Crippen molar-refractivity contribution in [2.75, 3.05) is 6.54 Å². The first kappa shape index (κ1) is 13.5. The van der Waals surface area contributed by atoms with Crippen molar-refractivity contribution in [3.63, 3.8) is 0 Å². The maximum atomic E-state index is 10.4. The van der Waals surface area contributed by atoms with Gasteiger partial charge in [-0.25, -0.2) is 4.79 Å². The standard InChI is InChI=1S/C6H13N3O6/c7-3-4(15-9(13)14)1-2-6(8,12)5(10)11/h4,12H,1-3,7-8H2,(H,10,11). The highest BCUT2D eigenvalue weighted by molar-refractivity contribution is 5.76. The van der Waals surface area contributed by atoms with Gasteiger partial charge in [0, 0.05) is 13.0 Å². The zero-order valence-electron chi connectivity index (χ0n) is 7.83. The average molecular weight is 223 g/mol. The molecule has 0 amide bonds. The molecule has 6 N–H and O–H groups in total. The van der Waals surface area contributed by atoms with Crippen LogP contribution in [0, 0.1) is 10.1 Å². The largest absolute Gasteiger partial charge is 0.478 e. The van der Waals surface area contributed by atoms with Crippen molar-refractivity contribution < 1.29 is 24.9 Å². The monoisotopic (exact) mass is 223 g/mol. The van der Waals surface area contributed by atoms with Crippen molar-refractivity contribution in [1.29, 1.82) is 0 Å². The Bertz CT molecular complexity index is 243. The molecule has 2 unspecified atom stereocenters. The summed E-state index contributed by atoms with van der Waals surface area (Å²) in [5.74, 6) is -1.61. The van der Waals surface area contributed by atoms with Crippen molar-refractivity contribution in [1.82, 2.24) is 0 Å². The molecule has 0 heterocycles. The lowest BCUT2D eigenvalue weighted by Crippen LogP contribution is -2.48. The van der Waals surface area contributed by atoms with E-state index in [2.05, 4.69) is 4.84 Å². The first-order valence-corrected chi connectivity index (χ1v) is 4.05. The molecule has 0 saturated carbocycles. The summed E-state index contributed by atoms with van der Waals surface area (Å²) in [6.45, 7) is -0.170. The number of aliphatic hydroxyl groups is 1. The molecule has 0 saturated heterocycles. The maximum Gasteiger partial charge on any atom is 0.350 e. The quantitative estimate of drug-likeness (QED) is 0.219. The van der Waals surface area contributed by atoms with Crippen molar-refractivity contribution in [3.8, 4) is 0 Å². The van der Waals surface area contributed by atoms with Gasteiger partial charge in [0.2, 0.25) is 5.72 Å². The van der Waals surface area contributed by atoms with Crippen LogP contribution in [0.4, 0.5) is 0 Å². The van der Waals surface area contributed by atoms with Crippen LogP contribution in [-0.2, 0) is 9.63 Å². The van der Waals surface area contributed by atoms with Crippen LogP contribution in [0.5, 0.6) is 0 Å². The van der Waals surface area contributed by atoms with E-state index >= 15 is 0 Å². The van der Waals surface area contributed by atoms with Crippen LogP contribution in [0.25, 0.3) is 0 Å². The van der Waals surface area contributed by atoms with E-state index in [1.807, 2.05) is 0 Å². The lowest BCUT2D eigenvalue weighted by molar-refractivity contribution is -0.768. The zero-order chi connectivity index (χ0) is 12.1. The molecule has 15 heavy (non-hydrogen) atoms. The number of rotatable bonds is 7. The molecule has 88 valence electrons. The van der Waals surface area contributed by atoms with Crippen LogP contribution in [0.1, 0.15) is 12.8 Å². The van der Waals surface area contributed by atoms with E-state index in [4.69, 9.17) is 21.7 Å². The third kappa shape index (κ3) is 5.10. The van der Waals surface area contributed by atoms with Crippen LogP contribution in [0.2, 0.25) is 0 Å². The van der Waals surface area contributed by atoms with Gasteiger partial charge in [0.15, 0.2) is 0 Å². The SMILES string of the molecule is NCC(CCC(N)(O)C(=O)O)O[N+](=O)[O-]. The van der Waals surface area contributed by atoms with E-state index in [9.17, 15) is 14.9 Å². The van der Waals surface area contributed by atoms with E-state index in [1.165, 1.54) is 0 Å². The Labute approximate surface area is 84.7 Å². The Kier molecular flexibility index (Phi) is 4.91. The number of hydrogen-bond acceptors (Lipinski definition) is 7. The summed E-state index contributed by atoms with van der Waals surface area (Å²) < 4.78 is 0. The van der Waals surface area contributed by atoms with Gasteiger partial charge in [0.1, 0.15) is 6.10 Å². The molecule has 0 radical (unpaired) electrons. The van der Waals surface area contributed by atoms with Gasteiger partial charge < -0.3 is 20.8 Å². The van der Waals surface area contributed by atoms with Gasteiger partial charge in [-0.15, -0.1) is 10.1 Å². The first-order valence-electron chi connectivity index (χ1n) is 4.05. The fraction of sp³-hybridized carbons (Fsp3) is 0.833. The first-order chi connectivity index (χ1) is 6.79. The number of hydrogen-bond donors (Lipinski definition) is 4. The number of nitrogens with zero attached hydrogens (tertiary/aromatic N) is 1. The highest BCUT2D eigenvalue weighted by Gasteiger charge is 2.31. The Morgan fingerprint density at radius 2 is 2.20 bits per heavy atom. The maximum absolute atomic E-state index is 10.4. The minimum atomic E-state index is -2.42. The van der Waals surface area contributed by atoms with Gasteiger partial charge in [-0.1, -0.05) is 0 Å². The fourth-order valence-electron chi connectivity index (χ4n) is 0.823. The topological polar surface area (TPSA) is 162 Å². The third-order valence-corrected chi connectivity index (χ3v) is 1.72. The molecule has 2 atom stereocenters. The molecule has 0 aliphatic rings. The fourth-order valence-corrected chi connectivity index (χ4v) is 0.823. The Balaban J connectivity index is 4.11. The minimum Gasteiger partial charge on any atom is -0.478 e. The van der Waals surface area contributed by atoms with Crippen LogP contribution in [0.15, 0.2) is 0 Å². The number of aliphatic carboxylic acids is 1. The Morgan fingerprint density at radius 3 is 2.53 bits per heavy atom. The highest BCUT2D eigenvalue weighted by atomic mass is 17.0. The summed E-state index contributed by atoms with van der Waals surface area (Å²) in [5, 5.41) is 26.4. The predicted octanol–water partition coefficient (Wildman–Crippen LogP) is -1.97. The van der Waals surface area contributed by atoms with Gasteiger partial charge in [0.25, 0.3) is 5.09 Å². The van der Waals surface area contributed by atoms with Crippen molar-refractivity contribution in [2.45, 2.75) is 24.7 Å². The van der Waals surface area contributed by atoms with Crippen molar-refractivity contribution in [3.05, 3.63) is 10.1 Å². The van der Waals surface area contributed by atoms with E-state index in [0.29, 0.717) is 0 Å². The molecule has 9 heteroatoms. The molecule has 0 aromatic heterocycles. The second-order valence-electron chi connectivity index (χ2n) is 2.95. The van der Waals surface area contributed by atoms with E-state index in [0.717, 1.165) is 0 Å². The second-order valence-corrected chi connectivity index (χ2v) is 2.95. The van der Waals surface area contributed by atoms with Crippen molar-refractivity contribution >= 4 is 5.97 Å². The molecule has 0 aliphatic carbocycles. The second kappa shape index (κ2) is 5.44. The number of carbonyl (C=O) groups is 1. The predicted molar refractivity (Wildman–Crippen MR) is 46.9 cm³/mol. The molecule has 0 aromatic rings. The van der Waals surface area contributed by atoms with Gasteiger partial charge in [0.05, 0.1) is 0 Å². The normalized spacial score (nSPS) is 16.5. The smallest absolute Gasteiger partial charge is 0.350 e. The van der Waals surface area contributed by atoms with Crippen LogP contribution in [-0.4, -0.2) is 39.6 Å². The molecule has 0 rings (SSSR count). The molecule has 0 aliphatic heterocycles. The molecular formula is C6H13N3O6. The molecular weight excluding hydrogens is 210 g/mol. The molecule has 0 spiro atoms. The summed E-state index contributed by atoms with van der Waals surface area (Å²) in [6.07, 6.45) is -1.50. The van der Waals surface area contributed by atoms with Crippen LogP contribution >= 0.6 is 0 Å². The summed E-state index contributed by atoms with van der Waals surface area (Å²) in [5.41, 5.74) is 7.69. The number of carboxylic acids is 1. The molecule has 0 aromatic carbocycles. The van der Waals surface area contributed by atoms with Crippen LogP contribution in [0.3, 0.4) is 0 Å². The van der Waals surface area contributed by atoms with Gasteiger partial charge >= 0.3 is 5.97 Å². The van der Waals surface area contributed by atoms with Gasteiger partial charge in [-0.3, -0.25) is 5.73 Å². The number of carboxylic acid groups (broad SMARTS) is 1. The Hall–Kier alpha value is -1.45. The van der Waals surface area contributed by atoms with Crippen LogP contribution < -0.4 is 11.5 Å². The molecule has 9 nitrogen and oxygen atoms in total. The highest BCUT2D eigenvalue weighted by Crippen LogP contribution is 2.10. The third-order valence-electron chi connectivity index (χ3n) is 1.72. The van der Waals surface area contributed by atoms with Gasteiger partial charge in [-0.2, -0.15) is 0 Å². The summed E-state index contributed by atoms with van der Waals surface area (Å²) in [4.78, 5) is 24.4. The Morgan fingerprint density at radius 1 is 1.67 bits per heavy atom. The lowest BCUT2D eigenvalue weighted by atomic mass is 10.1. The summed E-state index contributed by atoms with van der Waals surface area (Å²) >= 11 is 0.